The first-order valence-corrected chi connectivity index (χ1v) is 10.1. The average Bonchev–Trinajstić information content (AvgIpc) is 3.02. The number of benzene rings is 2. The Morgan fingerprint density at radius 1 is 1.21 bits per heavy atom. The van der Waals surface area contributed by atoms with Gasteiger partial charge in [-0.1, -0.05) is 29.1 Å². The molecule has 0 atom stereocenters. The molecular formula is C21H16Cl2N2O3S. The lowest BCUT2D eigenvalue weighted by molar-refractivity contribution is -0.115. The predicted molar refractivity (Wildman–Crippen MR) is 119 cm³/mol. The lowest BCUT2D eigenvalue weighted by atomic mass is 10.2. The highest BCUT2D eigenvalue weighted by molar-refractivity contribution is 8.18. The number of aliphatic imine (C=N–C) groups is 1. The lowest BCUT2D eigenvalue weighted by Crippen LogP contribution is -2.19. The Balaban J connectivity index is 1.78. The monoisotopic (exact) mass is 446 g/mol. The zero-order valence-corrected chi connectivity index (χ0v) is 17.7. The molecule has 1 N–H and O–H groups in total. The van der Waals surface area contributed by atoms with Gasteiger partial charge in [-0.05, 0) is 66.7 Å². The highest BCUT2D eigenvalue weighted by atomic mass is 35.5. The van der Waals surface area contributed by atoms with E-state index in [1.165, 1.54) is 11.8 Å². The third-order valence-electron chi connectivity index (χ3n) is 3.65. The first-order chi connectivity index (χ1) is 14.0. The standard InChI is InChI=1S/C21H16Cl2N2O3S/c1-3-9-28-19-16(22)10-13(11-17(19)23)12-18-20(26)25-21(29-18)24-14-5-7-15(8-6-14)27-4-2/h1,5-8,10-12H,4,9H2,2H3,(H,24,25,26)/b18-12+. The van der Waals surface area contributed by atoms with E-state index in [1.807, 2.05) is 31.2 Å². The van der Waals surface area contributed by atoms with Crippen molar-refractivity contribution in [1.29, 1.82) is 0 Å². The van der Waals surface area contributed by atoms with Crippen LogP contribution in [0.25, 0.3) is 6.08 Å². The van der Waals surface area contributed by atoms with Gasteiger partial charge in [0.05, 0.1) is 27.2 Å². The molecule has 3 rings (SSSR count). The summed E-state index contributed by atoms with van der Waals surface area (Å²) in [6.07, 6.45) is 6.87. The van der Waals surface area contributed by atoms with Crippen molar-refractivity contribution in [2.45, 2.75) is 6.92 Å². The SMILES string of the molecule is C#CCOc1c(Cl)cc(/C=C2/SC(=Nc3ccc(OCC)cc3)NC2=O)cc1Cl. The molecular weight excluding hydrogens is 431 g/mol. The molecule has 0 aliphatic carbocycles. The van der Waals surface area contributed by atoms with Gasteiger partial charge < -0.3 is 14.8 Å². The van der Waals surface area contributed by atoms with Crippen LogP contribution in [0, 0.1) is 12.3 Å². The van der Waals surface area contributed by atoms with E-state index in [0.717, 1.165) is 5.75 Å². The van der Waals surface area contributed by atoms with Crippen LogP contribution in [0.4, 0.5) is 5.69 Å². The quantitative estimate of drug-likeness (QED) is 0.483. The number of carbonyl (C=O) groups excluding carboxylic acids is 1. The molecule has 0 radical (unpaired) electrons. The van der Waals surface area contributed by atoms with E-state index in [9.17, 15) is 4.79 Å². The highest BCUT2D eigenvalue weighted by Gasteiger charge is 2.24. The summed E-state index contributed by atoms with van der Waals surface area (Å²) in [5.74, 6) is 3.19. The minimum absolute atomic E-state index is 0.0590. The fraction of sp³-hybridized carbons (Fsp3) is 0.143. The van der Waals surface area contributed by atoms with E-state index in [0.29, 0.717) is 43.7 Å². The van der Waals surface area contributed by atoms with Gasteiger partial charge >= 0.3 is 0 Å². The van der Waals surface area contributed by atoms with Gasteiger partial charge in [0.25, 0.3) is 5.91 Å². The fourth-order valence-corrected chi connectivity index (χ4v) is 3.90. The van der Waals surface area contributed by atoms with Gasteiger partial charge in [0.1, 0.15) is 12.4 Å². The Bertz CT molecular complexity index is 1000. The molecule has 0 saturated carbocycles. The summed E-state index contributed by atoms with van der Waals surface area (Å²) in [5, 5.41) is 3.85. The molecule has 0 unspecified atom stereocenters. The molecule has 1 amide bonds. The third-order valence-corrected chi connectivity index (χ3v) is 5.12. The molecule has 29 heavy (non-hydrogen) atoms. The summed E-state index contributed by atoms with van der Waals surface area (Å²) >= 11 is 13.7. The van der Waals surface area contributed by atoms with E-state index < -0.39 is 0 Å². The average molecular weight is 447 g/mol. The largest absolute Gasteiger partial charge is 0.494 e. The highest BCUT2D eigenvalue weighted by Crippen LogP contribution is 2.36. The first-order valence-electron chi connectivity index (χ1n) is 8.58. The third kappa shape index (κ3) is 5.48. The van der Waals surface area contributed by atoms with E-state index in [1.54, 1.807) is 18.2 Å². The molecule has 1 aliphatic rings. The van der Waals surface area contributed by atoms with Gasteiger partial charge in [-0.15, -0.1) is 6.42 Å². The molecule has 1 saturated heterocycles. The number of terminal acetylenes is 1. The van der Waals surface area contributed by atoms with Crippen LogP contribution < -0.4 is 14.8 Å². The zero-order valence-electron chi connectivity index (χ0n) is 15.4. The van der Waals surface area contributed by atoms with Gasteiger partial charge in [-0.25, -0.2) is 4.99 Å². The smallest absolute Gasteiger partial charge is 0.264 e. The van der Waals surface area contributed by atoms with Crippen LogP contribution in [0.1, 0.15) is 12.5 Å². The summed E-state index contributed by atoms with van der Waals surface area (Å²) in [7, 11) is 0. The summed E-state index contributed by atoms with van der Waals surface area (Å²) in [4.78, 5) is 17.2. The molecule has 2 aromatic carbocycles. The van der Waals surface area contributed by atoms with Crippen LogP contribution in [-0.4, -0.2) is 24.3 Å². The number of nitrogens with one attached hydrogen (secondary N) is 1. The maximum absolute atomic E-state index is 12.3. The Labute approximate surface area is 183 Å². The molecule has 0 bridgehead atoms. The molecule has 148 valence electrons. The molecule has 0 spiro atoms. The van der Waals surface area contributed by atoms with Gasteiger partial charge in [0.15, 0.2) is 10.9 Å². The van der Waals surface area contributed by atoms with Crippen molar-refractivity contribution >= 4 is 57.8 Å². The Morgan fingerprint density at radius 3 is 2.52 bits per heavy atom. The zero-order chi connectivity index (χ0) is 20.8. The Hall–Kier alpha value is -2.59. The van der Waals surface area contributed by atoms with Crippen molar-refractivity contribution in [2.75, 3.05) is 13.2 Å². The van der Waals surface area contributed by atoms with Crippen LogP contribution in [-0.2, 0) is 4.79 Å². The van der Waals surface area contributed by atoms with Gasteiger partial charge in [-0.3, -0.25) is 4.79 Å². The number of thioether (sulfide) groups is 1. The number of carbonyl (C=O) groups is 1. The minimum Gasteiger partial charge on any atom is -0.494 e. The summed E-state index contributed by atoms with van der Waals surface area (Å²) in [5.41, 5.74) is 1.37. The van der Waals surface area contributed by atoms with Crippen molar-refractivity contribution in [1.82, 2.24) is 5.32 Å². The fourth-order valence-electron chi connectivity index (χ4n) is 2.45. The normalized spacial score (nSPS) is 16.0. The molecule has 5 nitrogen and oxygen atoms in total. The number of amidine groups is 1. The van der Waals surface area contributed by atoms with Crippen LogP contribution >= 0.6 is 35.0 Å². The van der Waals surface area contributed by atoms with Gasteiger partial charge in [0.2, 0.25) is 0 Å². The van der Waals surface area contributed by atoms with Gasteiger partial charge in [-0.2, -0.15) is 0 Å². The molecule has 1 heterocycles. The number of hydrogen-bond donors (Lipinski definition) is 1. The van der Waals surface area contributed by atoms with Crippen LogP contribution in [0.5, 0.6) is 11.5 Å². The van der Waals surface area contributed by atoms with Crippen molar-refractivity contribution in [3.05, 3.63) is 56.9 Å². The van der Waals surface area contributed by atoms with Crippen molar-refractivity contribution in [3.8, 4) is 23.8 Å². The molecule has 1 fully saturated rings. The first kappa shape index (κ1) is 21.1. The van der Waals surface area contributed by atoms with Crippen LogP contribution in [0.3, 0.4) is 0 Å². The molecule has 2 aromatic rings. The topological polar surface area (TPSA) is 59.9 Å². The van der Waals surface area contributed by atoms with E-state index in [2.05, 4.69) is 16.2 Å². The number of hydrogen-bond acceptors (Lipinski definition) is 5. The van der Waals surface area contributed by atoms with E-state index in [4.69, 9.17) is 39.1 Å². The number of halogens is 2. The second-order valence-corrected chi connectivity index (χ2v) is 7.56. The van der Waals surface area contributed by atoms with E-state index >= 15 is 0 Å². The Morgan fingerprint density at radius 2 is 1.90 bits per heavy atom. The number of amides is 1. The maximum atomic E-state index is 12.3. The number of nitrogens with zero attached hydrogens (tertiary/aromatic N) is 1. The molecule has 1 aliphatic heterocycles. The minimum atomic E-state index is -0.250. The van der Waals surface area contributed by atoms with Crippen LogP contribution in [0.15, 0.2) is 46.3 Å². The summed E-state index contributed by atoms with van der Waals surface area (Å²) in [6, 6.07) is 10.6. The predicted octanol–water partition coefficient (Wildman–Crippen LogP) is 5.30. The summed E-state index contributed by atoms with van der Waals surface area (Å²) < 4.78 is 10.7. The molecule has 0 aromatic heterocycles. The number of ether oxygens (including phenoxy) is 2. The van der Waals surface area contributed by atoms with Crippen molar-refractivity contribution in [3.63, 3.8) is 0 Å². The molecule has 8 heteroatoms. The van der Waals surface area contributed by atoms with Crippen LogP contribution in [0.2, 0.25) is 10.0 Å². The van der Waals surface area contributed by atoms with Crippen molar-refractivity contribution < 1.29 is 14.3 Å². The second-order valence-electron chi connectivity index (χ2n) is 5.72. The van der Waals surface area contributed by atoms with Crippen molar-refractivity contribution in [2.24, 2.45) is 4.99 Å². The summed E-state index contributed by atoms with van der Waals surface area (Å²) in [6.45, 7) is 2.58. The maximum Gasteiger partial charge on any atom is 0.264 e. The number of rotatable bonds is 6. The lowest BCUT2D eigenvalue weighted by Gasteiger charge is -2.08. The second kappa shape index (κ2) is 9.75. The Kier molecular flexibility index (Phi) is 7.10. The van der Waals surface area contributed by atoms with E-state index in [-0.39, 0.29) is 12.5 Å². The van der Waals surface area contributed by atoms with Gasteiger partial charge in [0, 0.05) is 0 Å².